The van der Waals surface area contributed by atoms with Gasteiger partial charge in [-0.05, 0) is 37.0 Å². The number of phenolic OH excluding ortho intramolecular Hbond substituents is 1. The van der Waals surface area contributed by atoms with Gasteiger partial charge in [0.1, 0.15) is 23.9 Å². The second-order valence-electron chi connectivity index (χ2n) is 9.11. The molecule has 202 valence electrons. The van der Waals surface area contributed by atoms with Gasteiger partial charge in [-0.15, -0.1) is 0 Å². The Balaban J connectivity index is 2.14. The largest absolute Gasteiger partial charge is 0.508 e. The molecule has 9 N–H and O–H groups in total. The van der Waals surface area contributed by atoms with Crippen molar-refractivity contribution in [3.05, 3.63) is 48.0 Å². The van der Waals surface area contributed by atoms with Crippen LogP contribution in [0.1, 0.15) is 32.0 Å². The van der Waals surface area contributed by atoms with E-state index < -0.39 is 59.9 Å². The van der Waals surface area contributed by atoms with Gasteiger partial charge >= 0.3 is 5.97 Å². The molecule has 0 aliphatic heterocycles. The van der Waals surface area contributed by atoms with E-state index >= 15 is 0 Å². The van der Waals surface area contributed by atoms with Crippen LogP contribution in [-0.4, -0.2) is 79.2 Å². The van der Waals surface area contributed by atoms with Crippen LogP contribution in [0.15, 0.2) is 36.8 Å². The quantitative estimate of drug-likeness (QED) is 0.159. The highest BCUT2D eigenvalue weighted by Gasteiger charge is 2.33. The molecule has 0 saturated carbocycles. The fraction of sp³-hybridized carbons (Fsp3) is 0.458. The van der Waals surface area contributed by atoms with Crippen molar-refractivity contribution in [3.63, 3.8) is 0 Å². The summed E-state index contributed by atoms with van der Waals surface area (Å²) in [4.78, 5) is 56.9. The third-order valence-electron chi connectivity index (χ3n) is 5.63. The SMILES string of the molecule is CC(C)C(NC(=O)C(Cc1cnc[nH]1)NC(=O)C(NC(=O)C(N)Cc1ccc(O)cc1)C(C)O)C(=O)O. The molecule has 0 spiro atoms. The molecule has 1 aromatic heterocycles. The molecule has 1 heterocycles. The average molecular weight is 519 g/mol. The van der Waals surface area contributed by atoms with Crippen LogP contribution < -0.4 is 21.7 Å². The Kier molecular flexibility index (Phi) is 10.6. The minimum Gasteiger partial charge on any atom is -0.508 e. The number of hydrogen-bond donors (Lipinski definition) is 8. The Labute approximate surface area is 213 Å². The number of phenols is 1. The lowest BCUT2D eigenvalue weighted by atomic mass is 10.0. The molecule has 37 heavy (non-hydrogen) atoms. The van der Waals surface area contributed by atoms with Crippen LogP contribution in [0.25, 0.3) is 0 Å². The first-order valence-corrected chi connectivity index (χ1v) is 11.7. The summed E-state index contributed by atoms with van der Waals surface area (Å²) in [5.74, 6) is -3.94. The maximum Gasteiger partial charge on any atom is 0.326 e. The second-order valence-corrected chi connectivity index (χ2v) is 9.11. The molecule has 2 aromatic rings. The number of carboxylic acids is 1. The van der Waals surface area contributed by atoms with Crippen LogP contribution in [0, 0.1) is 5.92 Å². The lowest BCUT2D eigenvalue weighted by Gasteiger charge is -2.27. The number of carbonyl (C=O) groups is 4. The Hall–Kier alpha value is -3.97. The molecule has 3 amide bonds. The molecular weight excluding hydrogens is 484 g/mol. The van der Waals surface area contributed by atoms with Gasteiger partial charge in [-0.3, -0.25) is 14.4 Å². The molecule has 0 aliphatic carbocycles. The van der Waals surface area contributed by atoms with Crippen molar-refractivity contribution in [2.45, 2.75) is 63.9 Å². The van der Waals surface area contributed by atoms with Crippen molar-refractivity contribution in [3.8, 4) is 5.75 Å². The molecule has 5 atom stereocenters. The van der Waals surface area contributed by atoms with Crippen molar-refractivity contribution < 1.29 is 34.5 Å². The number of aliphatic carboxylic acids is 1. The van der Waals surface area contributed by atoms with Crippen LogP contribution in [0.5, 0.6) is 5.75 Å². The van der Waals surface area contributed by atoms with Crippen LogP contribution in [-0.2, 0) is 32.0 Å². The molecule has 13 nitrogen and oxygen atoms in total. The highest BCUT2D eigenvalue weighted by Crippen LogP contribution is 2.11. The first kappa shape index (κ1) is 29.3. The predicted molar refractivity (Wildman–Crippen MR) is 132 cm³/mol. The highest BCUT2D eigenvalue weighted by atomic mass is 16.4. The number of aromatic hydroxyl groups is 1. The number of aliphatic hydroxyl groups is 1. The molecule has 5 unspecified atom stereocenters. The lowest BCUT2D eigenvalue weighted by Crippen LogP contribution is -2.60. The normalized spacial score (nSPS) is 15.2. The summed E-state index contributed by atoms with van der Waals surface area (Å²) in [6.07, 6.45) is 1.54. The highest BCUT2D eigenvalue weighted by molar-refractivity contribution is 5.94. The topological polar surface area (TPSA) is 220 Å². The minimum absolute atomic E-state index is 0.0527. The average Bonchev–Trinajstić information content (AvgIpc) is 3.34. The number of hydrogen-bond acceptors (Lipinski definition) is 8. The van der Waals surface area contributed by atoms with Gasteiger partial charge in [0.15, 0.2) is 0 Å². The van der Waals surface area contributed by atoms with Gasteiger partial charge in [0.05, 0.1) is 18.5 Å². The fourth-order valence-corrected chi connectivity index (χ4v) is 3.50. The summed E-state index contributed by atoms with van der Waals surface area (Å²) in [5.41, 5.74) is 7.13. The molecule has 0 saturated heterocycles. The number of benzene rings is 1. The van der Waals surface area contributed by atoms with E-state index in [1.807, 2.05) is 0 Å². The number of amides is 3. The standard InChI is InChI=1S/C24H34N6O7/c1-12(2)19(24(36)37)29-22(34)18(9-15-10-26-11-27-15)28-23(35)20(13(3)31)30-21(33)17(25)8-14-4-6-16(32)7-5-14/h4-7,10-13,17-20,31-32H,8-9,25H2,1-3H3,(H,26,27)(H,28,35)(H,29,34)(H,30,33)(H,36,37). The van der Waals surface area contributed by atoms with E-state index in [-0.39, 0.29) is 18.6 Å². The summed E-state index contributed by atoms with van der Waals surface area (Å²) >= 11 is 0. The molecule has 0 aliphatic rings. The van der Waals surface area contributed by atoms with E-state index in [0.29, 0.717) is 11.3 Å². The van der Waals surface area contributed by atoms with Crippen LogP contribution in [0.2, 0.25) is 0 Å². The van der Waals surface area contributed by atoms with Crippen LogP contribution in [0.3, 0.4) is 0 Å². The molecule has 0 radical (unpaired) electrons. The zero-order chi connectivity index (χ0) is 27.7. The molecule has 13 heteroatoms. The van der Waals surface area contributed by atoms with Gasteiger partial charge in [0.25, 0.3) is 0 Å². The summed E-state index contributed by atoms with van der Waals surface area (Å²) in [6, 6.07) is 1.15. The number of aromatic nitrogens is 2. The number of H-pyrrole nitrogens is 1. The van der Waals surface area contributed by atoms with E-state index in [2.05, 4.69) is 25.9 Å². The van der Waals surface area contributed by atoms with E-state index in [0.717, 1.165) is 0 Å². The van der Waals surface area contributed by atoms with Gasteiger partial charge in [-0.25, -0.2) is 9.78 Å². The van der Waals surface area contributed by atoms with Crippen molar-refractivity contribution in [1.29, 1.82) is 0 Å². The number of rotatable bonds is 13. The molecule has 0 bridgehead atoms. The van der Waals surface area contributed by atoms with Crippen molar-refractivity contribution in [2.75, 3.05) is 0 Å². The summed E-state index contributed by atoms with van der Waals surface area (Å²) in [6.45, 7) is 4.54. The number of nitrogens with zero attached hydrogens (tertiary/aromatic N) is 1. The number of nitrogens with two attached hydrogens (primary N) is 1. The zero-order valence-corrected chi connectivity index (χ0v) is 20.8. The van der Waals surface area contributed by atoms with Crippen LogP contribution >= 0.6 is 0 Å². The Bertz CT molecular complexity index is 1060. The Morgan fingerprint density at radius 3 is 2.08 bits per heavy atom. The van der Waals surface area contributed by atoms with Gasteiger partial charge < -0.3 is 42.0 Å². The summed E-state index contributed by atoms with van der Waals surface area (Å²) in [7, 11) is 0. The Morgan fingerprint density at radius 1 is 0.946 bits per heavy atom. The molecular formula is C24H34N6O7. The van der Waals surface area contributed by atoms with Crippen LogP contribution in [0.4, 0.5) is 0 Å². The predicted octanol–water partition coefficient (Wildman–Crippen LogP) is -1.20. The summed E-state index contributed by atoms with van der Waals surface area (Å²) in [5, 5.41) is 36.3. The maximum atomic E-state index is 13.1. The summed E-state index contributed by atoms with van der Waals surface area (Å²) < 4.78 is 0. The van der Waals surface area contributed by atoms with Gasteiger partial charge in [-0.1, -0.05) is 26.0 Å². The second kappa shape index (κ2) is 13.4. The number of imidazole rings is 1. The Morgan fingerprint density at radius 2 is 1.57 bits per heavy atom. The van der Waals surface area contributed by atoms with Gasteiger partial charge in [0, 0.05) is 18.3 Å². The van der Waals surface area contributed by atoms with Crippen molar-refractivity contribution in [2.24, 2.45) is 11.7 Å². The minimum atomic E-state index is -1.45. The number of aromatic amines is 1. The maximum absolute atomic E-state index is 13.1. The number of aliphatic hydroxyl groups excluding tert-OH is 1. The van der Waals surface area contributed by atoms with Crippen molar-refractivity contribution >= 4 is 23.7 Å². The molecule has 0 fully saturated rings. The van der Waals surface area contributed by atoms with E-state index in [4.69, 9.17) is 5.73 Å². The van der Waals surface area contributed by atoms with E-state index in [1.54, 1.807) is 26.0 Å². The monoisotopic (exact) mass is 518 g/mol. The van der Waals surface area contributed by atoms with E-state index in [9.17, 15) is 34.5 Å². The van der Waals surface area contributed by atoms with E-state index in [1.165, 1.54) is 31.6 Å². The lowest BCUT2D eigenvalue weighted by molar-refractivity contribution is -0.143. The number of carboxylic acid groups (broad SMARTS) is 1. The molecule has 1 aromatic carbocycles. The van der Waals surface area contributed by atoms with Crippen molar-refractivity contribution in [1.82, 2.24) is 25.9 Å². The van der Waals surface area contributed by atoms with Gasteiger partial charge in [-0.2, -0.15) is 0 Å². The number of nitrogens with one attached hydrogen (secondary N) is 4. The third-order valence-corrected chi connectivity index (χ3v) is 5.63. The first-order chi connectivity index (χ1) is 17.4. The smallest absolute Gasteiger partial charge is 0.326 e. The van der Waals surface area contributed by atoms with Gasteiger partial charge in [0.2, 0.25) is 17.7 Å². The number of carbonyl (C=O) groups excluding carboxylic acids is 3. The first-order valence-electron chi connectivity index (χ1n) is 11.7. The molecule has 2 rings (SSSR count). The third kappa shape index (κ3) is 8.88. The zero-order valence-electron chi connectivity index (χ0n) is 20.8. The fourth-order valence-electron chi connectivity index (χ4n) is 3.50.